The number of hydrogen-bond acceptors (Lipinski definition) is 3. The molecule has 0 rings (SSSR count). The second-order valence-corrected chi connectivity index (χ2v) is 2.81. The highest BCUT2D eigenvalue weighted by Crippen LogP contribution is 2.00. The zero-order chi connectivity index (χ0) is 7.11. The van der Waals surface area contributed by atoms with E-state index in [-0.39, 0.29) is 6.42 Å². The lowest BCUT2D eigenvalue weighted by atomic mass is 10.3. The molecule has 0 aliphatic heterocycles. The molecule has 0 aromatic carbocycles. The molecule has 0 aromatic rings. The van der Waals surface area contributed by atoms with Crippen LogP contribution in [0.1, 0.15) is 19.3 Å². The minimum absolute atomic E-state index is 0.209. The van der Waals surface area contributed by atoms with E-state index in [2.05, 4.69) is 0 Å². The first kappa shape index (κ1) is 8.82. The van der Waals surface area contributed by atoms with Crippen molar-refractivity contribution in [3.05, 3.63) is 0 Å². The summed E-state index contributed by atoms with van der Waals surface area (Å²) in [7, 11) is 0. The average Bonchev–Trinajstić information content (AvgIpc) is 1.80. The molecule has 0 unspecified atom stereocenters. The first-order valence-electron chi connectivity index (χ1n) is 2.96. The van der Waals surface area contributed by atoms with Gasteiger partial charge in [-0.25, -0.2) is 0 Å². The molecule has 0 fully saturated rings. The Labute approximate surface area is 59.6 Å². The number of rotatable bonds is 5. The van der Waals surface area contributed by atoms with Crippen molar-refractivity contribution in [2.45, 2.75) is 19.3 Å². The summed E-state index contributed by atoms with van der Waals surface area (Å²) in [6.45, 7) is 0. The first-order chi connectivity index (χ1) is 4.27. The van der Waals surface area contributed by atoms with Crippen LogP contribution in [0.2, 0.25) is 0 Å². The van der Waals surface area contributed by atoms with Crippen molar-refractivity contribution in [3.63, 3.8) is 0 Å². The van der Waals surface area contributed by atoms with E-state index in [4.69, 9.17) is 0 Å². The van der Waals surface area contributed by atoms with Gasteiger partial charge in [0.25, 0.3) is 0 Å². The van der Waals surface area contributed by atoms with E-state index in [0.717, 1.165) is 18.6 Å². The fourth-order valence-electron chi connectivity index (χ4n) is 0.516. The third-order valence-corrected chi connectivity index (χ3v) is 1.68. The maximum Gasteiger partial charge on any atom is 0.0414 e. The van der Waals surface area contributed by atoms with Crippen molar-refractivity contribution in [3.8, 4) is 0 Å². The standard InChI is InChI=1S/C6H12O2S/c1-9-5-3-2-4-6(7)8/h2-5H2,1H3,(H,7,8)/p-1. The van der Waals surface area contributed by atoms with Crippen molar-refractivity contribution in [1.82, 2.24) is 0 Å². The quantitative estimate of drug-likeness (QED) is 0.524. The van der Waals surface area contributed by atoms with E-state index >= 15 is 0 Å². The Hall–Kier alpha value is -0.180. The number of carbonyl (C=O) groups excluding carboxylic acids is 1. The molecule has 9 heavy (non-hydrogen) atoms. The van der Waals surface area contributed by atoms with Gasteiger partial charge < -0.3 is 9.90 Å². The molecule has 0 aromatic heterocycles. The summed E-state index contributed by atoms with van der Waals surface area (Å²) in [6, 6.07) is 0. The van der Waals surface area contributed by atoms with Gasteiger partial charge in [-0.15, -0.1) is 0 Å². The van der Waals surface area contributed by atoms with Gasteiger partial charge in [0, 0.05) is 5.97 Å². The predicted molar refractivity (Wildman–Crippen MR) is 37.2 cm³/mol. The Kier molecular flexibility index (Phi) is 5.83. The molecule has 0 spiro atoms. The minimum atomic E-state index is -0.934. The summed E-state index contributed by atoms with van der Waals surface area (Å²) >= 11 is 1.74. The molecular formula is C6H11O2S-. The van der Waals surface area contributed by atoms with Gasteiger partial charge in [-0.3, -0.25) is 0 Å². The Bertz CT molecular complexity index is 83.1. The monoisotopic (exact) mass is 147 g/mol. The number of unbranched alkanes of at least 4 members (excludes halogenated alkanes) is 1. The fraction of sp³-hybridized carbons (Fsp3) is 0.833. The molecule has 0 heterocycles. The summed E-state index contributed by atoms with van der Waals surface area (Å²) in [4.78, 5) is 9.84. The molecule has 0 N–H and O–H groups in total. The molecule has 0 amide bonds. The van der Waals surface area contributed by atoms with Crippen LogP contribution >= 0.6 is 11.8 Å². The molecule has 0 radical (unpaired) electrons. The normalized spacial score (nSPS) is 9.44. The number of thioether (sulfide) groups is 1. The van der Waals surface area contributed by atoms with Crippen LogP contribution in [0.4, 0.5) is 0 Å². The van der Waals surface area contributed by atoms with Gasteiger partial charge in [0.15, 0.2) is 0 Å². The van der Waals surface area contributed by atoms with Gasteiger partial charge in [-0.05, 0) is 31.3 Å². The van der Waals surface area contributed by atoms with Crippen LogP contribution in [0.3, 0.4) is 0 Å². The van der Waals surface area contributed by atoms with Crippen LogP contribution < -0.4 is 5.11 Å². The fourth-order valence-corrected chi connectivity index (χ4v) is 1.01. The largest absolute Gasteiger partial charge is 0.550 e. The topological polar surface area (TPSA) is 40.1 Å². The van der Waals surface area contributed by atoms with Crippen molar-refractivity contribution in [2.24, 2.45) is 0 Å². The van der Waals surface area contributed by atoms with Crippen molar-refractivity contribution in [1.29, 1.82) is 0 Å². The second kappa shape index (κ2) is 5.95. The number of hydrogen-bond donors (Lipinski definition) is 0. The molecule has 0 aliphatic carbocycles. The predicted octanol–water partition coefficient (Wildman–Crippen LogP) is 0.270. The lowest BCUT2D eigenvalue weighted by Gasteiger charge is -1.99. The summed E-state index contributed by atoms with van der Waals surface area (Å²) < 4.78 is 0. The molecule has 0 saturated carbocycles. The molecule has 0 saturated heterocycles. The zero-order valence-corrected chi connectivity index (χ0v) is 6.37. The number of carbonyl (C=O) groups is 1. The van der Waals surface area contributed by atoms with Gasteiger partial charge >= 0.3 is 0 Å². The first-order valence-corrected chi connectivity index (χ1v) is 4.35. The van der Waals surface area contributed by atoms with Gasteiger partial charge in [0.2, 0.25) is 0 Å². The van der Waals surface area contributed by atoms with E-state index in [1.807, 2.05) is 6.26 Å². The van der Waals surface area contributed by atoms with Crippen molar-refractivity contribution < 1.29 is 9.90 Å². The van der Waals surface area contributed by atoms with Crippen LogP contribution in [-0.4, -0.2) is 18.0 Å². The number of carboxylic acids is 1. The Balaban J connectivity index is 2.83. The maximum atomic E-state index is 9.84. The Morgan fingerprint density at radius 2 is 2.22 bits per heavy atom. The highest BCUT2D eigenvalue weighted by Gasteiger charge is 1.86. The van der Waals surface area contributed by atoms with Gasteiger partial charge in [0.1, 0.15) is 0 Å². The van der Waals surface area contributed by atoms with Crippen molar-refractivity contribution in [2.75, 3.05) is 12.0 Å². The SMILES string of the molecule is CSCCCCC(=O)[O-]. The van der Waals surface area contributed by atoms with E-state index in [0.29, 0.717) is 0 Å². The van der Waals surface area contributed by atoms with Gasteiger partial charge in [-0.1, -0.05) is 0 Å². The van der Waals surface area contributed by atoms with Crippen LogP contribution in [-0.2, 0) is 4.79 Å². The smallest absolute Gasteiger partial charge is 0.0414 e. The molecule has 0 atom stereocenters. The number of carboxylic acid groups (broad SMARTS) is 1. The van der Waals surface area contributed by atoms with Gasteiger partial charge in [0.05, 0.1) is 0 Å². The van der Waals surface area contributed by atoms with Gasteiger partial charge in [-0.2, -0.15) is 11.8 Å². The van der Waals surface area contributed by atoms with E-state index in [9.17, 15) is 9.90 Å². The molecule has 0 aliphatic rings. The third kappa shape index (κ3) is 7.82. The van der Waals surface area contributed by atoms with E-state index in [1.54, 1.807) is 11.8 Å². The Morgan fingerprint density at radius 1 is 1.56 bits per heavy atom. The van der Waals surface area contributed by atoms with Crippen LogP contribution in [0, 0.1) is 0 Å². The summed E-state index contributed by atoms with van der Waals surface area (Å²) in [5, 5.41) is 9.84. The number of aliphatic carboxylic acids is 1. The molecule has 3 heteroatoms. The molecule has 54 valence electrons. The van der Waals surface area contributed by atoms with Crippen LogP contribution in [0.25, 0.3) is 0 Å². The maximum absolute atomic E-state index is 9.84. The summed E-state index contributed by atoms with van der Waals surface area (Å²) in [5.74, 6) is 0.115. The third-order valence-electron chi connectivity index (χ3n) is 0.979. The van der Waals surface area contributed by atoms with Crippen molar-refractivity contribution >= 4 is 17.7 Å². The second-order valence-electron chi connectivity index (χ2n) is 1.82. The minimum Gasteiger partial charge on any atom is -0.550 e. The Morgan fingerprint density at radius 3 is 2.67 bits per heavy atom. The van der Waals surface area contributed by atoms with E-state index in [1.165, 1.54) is 0 Å². The van der Waals surface area contributed by atoms with Crippen LogP contribution in [0.15, 0.2) is 0 Å². The zero-order valence-electron chi connectivity index (χ0n) is 5.55. The molecule has 0 bridgehead atoms. The average molecular weight is 147 g/mol. The molecular weight excluding hydrogens is 136 g/mol. The summed E-state index contributed by atoms with van der Waals surface area (Å²) in [6.07, 6.45) is 3.96. The highest BCUT2D eigenvalue weighted by atomic mass is 32.2. The molecule has 2 nitrogen and oxygen atoms in total. The lowest BCUT2D eigenvalue weighted by molar-refractivity contribution is -0.305. The van der Waals surface area contributed by atoms with E-state index < -0.39 is 5.97 Å². The lowest BCUT2D eigenvalue weighted by Crippen LogP contribution is -2.21. The van der Waals surface area contributed by atoms with Crippen LogP contribution in [0.5, 0.6) is 0 Å². The summed E-state index contributed by atoms with van der Waals surface area (Å²) in [5.41, 5.74) is 0. The highest BCUT2D eigenvalue weighted by molar-refractivity contribution is 7.98.